The zero-order chi connectivity index (χ0) is 16.8. The minimum Gasteiger partial charge on any atom is -0.340 e. The van der Waals surface area contributed by atoms with Crippen LogP contribution >= 0.6 is 0 Å². The van der Waals surface area contributed by atoms with Gasteiger partial charge in [-0.15, -0.1) is 10.2 Å². The lowest BCUT2D eigenvalue weighted by atomic mass is 10.0. The molecule has 1 aromatic rings. The number of hydrogen-bond acceptors (Lipinski definition) is 6. The van der Waals surface area contributed by atoms with Crippen molar-refractivity contribution in [3.63, 3.8) is 0 Å². The fourth-order valence-corrected chi connectivity index (χ4v) is 3.70. The van der Waals surface area contributed by atoms with E-state index in [0.29, 0.717) is 24.7 Å². The van der Waals surface area contributed by atoms with Gasteiger partial charge in [-0.2, -0.15) is 5.21 Å². The Hall–Kier alpha value is -1.54. The first kappa shape index (κ1) is 17.3. The van der Waals surface area contributed by atoms with E-state index in [4.69, 9.17) is 0 Å². The highest BCUT2D eigenvalue weighted by atomic mass is 16.2. The summed E-state index contributed by atoms with van der Waals surface area (Å²) in [7, 11) is 2.24. The molecule has 2 fully saturated rings. The predicted octanol–water partition coefficient (Wildman–Crippen LogP) is 0.151. The minimum absolute atomic E-state index is 0.257. The van der Waals surface area contributed by atoms with Crippen molar-refractivity contribution in [2.75, 3.05) is 46.3 Å². The Morgan fingerprint density at radius 3 is 2.75 bits per heavy atom. The van der Waals surface area contributed by atoms with E-state index >= 15 is 0 Å². The Kier molecular flexibility index (Phi) is 6.14. The fraction of sp³-hybridized carbons (Fsp3) is 0.875. The van der Waals surface area contributed by atoms with Gasteiger partial charge in [0.2, 0.25) is 5.91 Å². The number of amides is 1. The maximum absolute atomic E-state index is 12.3. The molecule has 1 unspecified atom stereocenters. The summed E-state index contributed by atoms with van der Waals surface area (Å²) in [5.41, 5.74) is 0. The average molecular weight is 335 g/mol. The first-order valence-corrected chi connectivity index (χ1v) is 9.15. The SMILES string of the molecule is CN1CCCCC1CN1CCN(C(=O)CCCc2nn[nH]n2)CC1. The molecule has 0 radical (unpaired) electrons. The second-order valence-corrected chi connectivity index (χ2v) is 6.99. The summed E-state index contributed by atoms with van der Waals surface area (Å²) < 4.78 is 0. The van der Waals surface area contributed by atoms with Gasteiger partial charge in [0.15, 0.2) is 5.82 Å². The molecule has 1 aromatic heterocycles. The van der Waals surface area contributed by atoms with Crippen molar-refractivity contribution in [2.24, 2.45) is 0 Å². The van der Waals surface area contributed by atoms with Crippen LogP contribution in [0.4, 0.5) is 0 Å². The molecule has 2 aliphatic heterocycles. The van der Waals surface area contributed by atoms with Gasteiger partial charge in [0.25, 0.3) is 0 Å². The molecule has 24 heavy (non-hydrogen) atoms. The Morgan fingerprint density at radius 2 is 2.04 bits per heavy atom. The number of H-pyrrole nitrogens is 1. The molecule has 0 bridgehead atoms. The van der Waals surface area contributed by atoms with Crippen LogP contribution in [-0.4, -0.2) is 93.6 Å². The number of piperazine rings is 1. The van der Waals surface area contributed by atoms with Crippen LogP contribution in [0.25, 0.3) is 0 Å². The fourth-order valence-electron chi connectivity index (χ4n) is 3.70. The molecule has 3 heterocycles. The number of likely N-dealkylation sites (N-methyl/N-ethyl adjacent to an activating group) is 1. The van der Waals surface area contributed by atoms with E-state index in [9.17, 15) is 4.79 Å². The smallest absolute Gasteiger partial charge is 0.222 e. The summed E-state index contributed by atoms with van der Waals surface area (Å²) in [5.74, 6) is 0.942. The zero-order valence-corrected chi connectivity index (χ0v) is 14.7. The van der Waals surface area contributed by atoms with E-state index in [0.717, 1.165) is 39.1 Å². The molecular weight excluding hydrogens is 306 g/mol. The number of likely N-dealkylation sites (tertiary alicyclic amines) is 1. The number of carbonyl (C=O) groups excluding carboxylic acids is 1. The summed E-state index contributed by atoms with van der Waals surface area (Å²) in [6.45, 7) is 6.09. The van der Waals surface area contributed by atoms with Crippen LogP contribution in [0.2, 0.25) is 0 Å². The summed E-state index contributed by atoms with van der Waals surface area (Å²) in [5, 5.41) is 13.8. The van der Waals surface area contributed by atoms with E-state index in [1.807, 2.05) is 4.90 Å². The summed E-state index contributed by atoms with van der Waals surface area (Å²) >= 11 is 0. The summed E-state index contributed by atoms with van der Waals surface area (Å²) in [4.78, 5) is 19.3. The van der Waals surface area contributed by atoms with E-state index in [-0.39, 0.29) is 5.91 Å². The maximum atomic E-state index is 12.3. The normalized spacial score (nSPS) is 23.5. The number of aromatic amines is 1. The summed E-state index contributed by atoms with van der Waals surface area (Å²) in [6, 6.07) is 0.691. The standard InChI is InChI=1S/C16H29N7O/c1-21-8-3-2-5-14(21)13-22-9-11-23(12-10-22)16(24)7-4-6-15-17-19-20-18-15/h14H,2-13H2,1H3,(H,17,18,19,20). The molecule has 134 valence electrons. The predicted molar refractivity (Wildman–Crippen MR) is 90.4 cm³/mol. The third-order valence-corrected chi connectivity index (χ3v) is 5.30. The third kappa shape index (κ3) is 4.73. The largest absolute Gasteiger partial charge is 0.340 e. The molecule has 0 saturated carbocycles. The molecule has 8 nitrogen and oxygen atoms in total. The second-order valence-electron chi connectivity index (χ2n) is 6.99. The first-order valence-electron chi connectivity index (χ1n) is 9.15. The lowest BCUT2D eigenvalue weighted by Crippen LogP contribution is -2.53. The molecule has 8 heteroatoms. The van der Waals surface area contributed by atoms with E-state index in [2.05, 4.69) is 37.5 Å². The molecule has 1 atom stereocenters. The quantitative estimate of drug-likeness (QED) is 0.797. The number of aromatic nitrogens is 4. The van der Waals surface area contributed by atoms with Gasteiger partial charge in [-0.1, -0.05) is 11.6 Å². The van der Waals surface area contributed by atoms with Crippen LogP contribution in [0.3, 0.4) is 0 Å². The molecule has 1 amide bonds. The molecule has 0 spiro atoms. The second kappa shape index (κ2) is 8.53. The Labute approximate surface area is 143 Å². The number of nitrogens with zero attached hydrogens (tertiary/aromatic N) is 6. The topological polar surface area (TPSA) is 81.2 Å². The molecule has 2 saturated heterocycles. The number of tetrazole rings is 1. The Bertz CT molecular complexity index is 499. The van der Waals surface area contributed by atoms with Crippen molar-refractivity contribution in [2.45, 2.75) is 44.6 Å². The average Bonchev–Trinajstić information content (AvgIpc) is 3.11. The van der Waals surface area contributed by atoms with Crippen molar-refractivity contribution in [1.82, 2.24) is 35.3 Å². The maximum Gasteiger partial charge on any atom is 0.222 e. The first-order chi connectivity index (χ1) is 11.7. The number of carbonyl (C=O) groups is 1. The highest BCUT2D eigenvalue weighted by Gasteiger charge is 2.25. The van der Waals surface area contributed by atoms with Crippen LogP contribution in [0.1, 0.15) is 37.9 Å². The minimum atomic E-state index is 0.257. The molecule has 3 rings (SSSR count). The van der Waals surface area contributed by atoms with Crippen LogP contribution in [-0.2, 0) is 11.2 Å². The van der Waals surface area contributed by atoms with Gasteiger partial charge < -0.3 is 9.80 Å². The monoisotopic (exact) mass is 335 g/mol. The van der Waals surface area contributed by atoms with Crippen molar-refractivity contribution >= 4 is 5.91 Å². The number of rotatable bonds is 6. The van der Waals surface area contributed by atoms with Crippen molar-refractivity contribution < 1.29 is 4.79 Å². The van der Waals surface area contributed by atoms with Crippen LogP contribution in [0, 0.1) is 0 Å². The Balaban J connectivity index is 1.34. The molecule has 0 aromatic carbocycles. The van der Waals surface area contributed by atoms with Gasteiger partial charge in [0, 0.05) is 51.6 Å². The van der Waals surface area contributed by atoms with E-state index in [1.165, 1.54) is 25.8 Å². The molecule has 0 aliphatic carbocycles. The number of hydrogen-bond donors (Lipinski definition) is 1. The van der Waals surface area contributed by atoms with Crippen LogP contribution in [0.15, 0.2) is 0 Å². The van der Waals surface area contributed by atoms with Gasteiger partial charge in [-0.3, -0.25) is 9.69 Å². The van der Waals surface area contributed by atoms with E-state index in [1.54, 1.807) is 0 Å². The van der Waals surface area contributed by atoms with Gasteiger partial charge in [0.05, 0.1) is 0 Å². The van der Waals surface area contributed by atoms with Gasteiger partial charge in [0.1, 0.15) is 0 Å². The zero-order valence-electron chi connectivity index (χ0n) is 14.7. The number of nitrogens with one attached hydrogen (secondary N) is 1. The number of aryl methyl sites for hydroxylation is 1. The van der Waals surface area contributed by atoms with Gasteiger partial charge >= 0.3 is 0 Å². The highest BCUT2D eigenvalue weighted by Crippen LogP contribution is 2.17. The van der Waals surface area contributed by atoms with Gasteiger partial charge in [-0.05, 0) is 32.9 Å². The Morgan fingerprint density at radius 1 is 1.21 bits per heavy atom. The lowest BCUT2D eigenvalue weighted by molar-refractivity contribution is -0.133. The lowest BCUT2D eigenvalue weighted by Gasteiger charge is -2.40. The van der Waals surface area contributed by atoms with Crippen molar-refractivity contribution in [3.05, 3.63) is 5.82 Å². The van der Waals surface area contributed by atoms with E-state index < -0.39 is 0 Å². The number of piperidine rings is 1. The van der Waals surface area contributed by atoms with Crippen LogP contribution < -0.4 is 0 Å². The van der Waals surface area contributed by atoms with Crippen molar-refractivity contribution in [3.8, 4) is 0 Å². The van der Waals surface area contributed by atoms with Crippen molar-refractivity contribution in [1.29, 1.82) is 0 Å². The van der Waals surface area contributed by atoms with Crippen LogP contribution in [0.5, 0.6) is 0 Å². The molecule has 2 aliphatic rings. The highest BCUT2D eigenvalue weighted by molar-refractivity contribution is 5.76. The molecular formula is C16H29N7O. The van der Waals surface area contributed by atoms with Gasteiger partial charge in [-0.25, -0.2) is 0 Å². The summed E-state index contributed by atoms with van der Waals surface area (Å²) in [6.07, 6.45) is 6.06. The molecule has 1 N–H and O–H groups in total. The third-order valence-electron chi connectivity index (χ3n) is 5.30.